The van der Waals surface area contributed by atoms with Crippen LogP contribution in [0.4, 0.5) is 0 Å². The molecule has 1 heterocycles. The van der Waals surface area contributed by atoms with Crippen LogP contribution in [0, 0.1) is 5.92 Å². The Morgan fingerprint density at radius 3 is 2.62 bits per heavy atom. The van der Waals surface area contributed by atoms with Crippen molar-refractivity contribution in [1.82, 2.24) is 5.32 Å². The fourth-order valence-corrected chi connectivity index (χ4v) is 2.45. The van der Waals surface area contributed by atoms with Crippen LogP contribution in [-0.2, 0) is 0 Å². The van der Waals surface area contributed by atoms with Gasteiger partial charge in [0.05, 0.1) is 16.8 Å². The van der Waals surface area contributed by atoms with Gasteiger partial charge in [-0.1, -0.05) is 27.2 Å². The molecule has 1 N–H and O–H groups in total. The number of nitrogens with one attached hydrogen (secondary N) is 1. The van der Waals surface area contributed by atoms with E-state index in [1.807, 2.05) is 6.07 Å². The van der Waals surface area contributed by atoms with E-state index in [4.69, 9.17) is 4.42 Å². The molecule has 0 saturated heterocycles. The Kier molecular flexibility index (Phi) is 6.14. The van der Waals surface area contributed by atoms with Gasteiger partial charge < -0.3 is 9.73 Å². The van der Waals surface area contributed by atoms with Crippen molar-refractivity contribution in [3.05, 3.63) is 22.6 Å². The zero-order valence-electron chi connectivity index (χ0n) is 10.4. The third-order valence-electron chi connectivity index (χ3n) is 2.85. The molecule has 0 saturated carbocycles. The summed E-state index contributed by atoms with van der Waals surface area (Å²) >= 11 is 3.54. The minimum Gasteiger partial charge on any atom is -0.466 e. The van der Waals surface area contributed by atoms with Gasteiger partial charge in [-0.3, -0.25) is 0 Å². The van der Waals surface area contributed by atoms with Crippen molar-refractivity contribution in [1.29, 1.82) is 0 Å². The van der Waals surface area contributed by atoms with Crippen molar-refractivity contribution in [3.63, 3.8) is 0 Å². The molecule has 2 unspecified atom stereocenters. The monoisotopic (exact) mass is 287 g/mol. The fourth-order valence-electron chi connectivity index (χ4n) is 2.00. The summed E-state index contributed by atoms with van der Waals surface area (Å²) in [4.78, 5) is 0. The van der Waals surface area contributed by atoms with Gasteiger partial charge in [0.1, 0.15) is 5.76 Å². The molecule has 0 aliphatic rings. The number of furan rings is 1. The highest BCUT2D eigenvalue weighted by Gasteiger charge is 2.22. The zero-order chi connectivity index (χ0) is 12.0. The molecule has 0 aromatic carbocycles. The molecule has 0 amide bonds. The van der Waals surface area contributed by atoms with Crippen LogP contribution in [0.5, 0.6) is 0 Å². The normalized spacial score (nSPS) is 15.0. The first-order valence-electron chi connectivity index (χ1n) is 6.16. The molecule has 2 nitrogen and oxygen atoms in total. The first-order valence-corrected chi connectivity index (χ1v) is 6.96. The minimum absolute atomic E-state index is 0.323. The molecule has 0 bridgehead atoms. The average Bonchev–Trinajstić information content (AvgIpc) is 2.66. The van der Waals surface area contributed by atoms with E-state index in [0.29, 0.717) is 12.0 Å². The lowest BCUT2D eigenvalue weighted by Gasteiger charge is -2.23. The molecule has 16 heavy (non-hydrogen) atoms. The Bertz CT molecular complexity index is 298. The SMILES string of the molecule is CCCNC(c1occc1Br)C(C)CCC. The first-order chi connectivity index (χ1) is 7.70. The zero-order valence-corrected chi connectivity index (χ0v) is 12.0. The van der Waals surface area contributed by atoms with Gasteiger partial charge in [-0.15, -0.1) is 0 Å². The molecular weight excluding hydrogens is 266 g/mol. The van der Waals surface area contributed by atoms with Gasteiger partial charge in [-0.05, 0) is 47.3 Å². The summed E-state index contributed by atoms with van der Waals surface area (Å²) in [6.45, 7) is 7.73. The number of halogens is 1. The second kappa shape index (κ2) is 7.13. The van der Waals surface area contributed by atoms with Crippen molar-refractivity contribution in [2.75, 3.05) is 6.54 Å². The van der Waals surface area contributed by atoms with E-state index in [2.05, 4.69) is 42.0 Å². The van der Waals surface area contributed by atoms with E-state index in [1.165, 1.54) is 12.8 Å². The van der Waals surface area contributed by atoms with Crippen molar-refractivity contribution in [3.8, 4) is 0 Å². The molecule has 3 heteroatoms. The van der Waals surface area contributed by atoms with E-state index >= 15 is 0 Å². The van der Waals surface area contributed by atoms with E-state index in [9.17, 15) is 0 Å². The van der Waals surface area contributed by atoms with Gasteiger partial charge in [-0.25, -0.2) is 0 Å². The van der Waals surface area contributed by atoms with Crippen LogP contribution in [0.3, 0.4) is 0 Å². The second-order valence-corrected chi connectivity index (χ2v) is 5.18. The Morgan fingerprint density at radius 2 is 2.12 bits per heavy atom. The highest BCUT2D eigenvalue weighted by molar-refractivity contribution is 9.10. The maximum atomic E-state index is 5.58. The molecule has 0 spiro atoms. The van der Waals surface area contributed by atoms with E-state index < -0.39 is 0 Å². The van der Waals surface area contributed by atoms with Crippen LogP contribution < -0.4 is 5.32 Å². The summed E-state index contributed by atoms with van der Waals surface area (Å²) in [6, 6.07) is 2.29. The topological polar surface area (TPSA) is 25.2 Å². The largest absolute Gasteiger partial charge is 0.466 e. The Morgan fingerprint density at radius 1 is 1.38 bits per heavy atom. The van der Waals surface area contributed by atoms with Gasteiger partial charge in [0.2, 0.25) is 0 Å². The summed E-state index contributed by atoms with van der Waals surface area (Å²) in [6.07, 6.45) is 5.32. The van der Waals surface area contributed by atoms with Gasteiger partial charge in [0.25, 0.3) is 0 Å². The predicted octanol–water partition coefficient (Wildman–Crippen LogP) is 4.52. The van der Waals surface area contributed by atoms with Gasteiger partial charge in [0, 0.05) is 0 Å². The molecule has 1 aromatic heterocycles. The number of hydrogen-bond acceptors (Lipinski definition) is 2. The quantitative estimate of drug-likeness (QED) is 0.798. The van der Waals surface area contributed by atoms with Crippen molar-refractivity contribution in [2.24, 2.45) is 5.92 Å². The average molecular weight is 288 g/mol. The molecule has 0 aliphatic carbocycles. The Balaban J connectivity index is 2.74. The van der Waals surface area contributed by atoms with Gasteiger partial charge in [0.15, 0.2) is 0 Å². The van der Waals surface area contributed by atoms with Gasteiger partial charge in [-0.2, -0.15) is 0 Å². The first kappa shape index (κ1) is 13.8. The fraction of sp³-hybridized carbons (Fsp3) is 0.692. The van der Waals surface area contributed by atoms with Crippen molar-refractivity contribution < 1.29 is 4.42 Å². The summed E-state index contributed by atoms with van der Waals surface area (Å²) in [5, 5.41) is 3.57. The molecule has 0 radical (unpaired) electrons. The third kappa shape index (κ3) is 3.63. The lowest BCUT2D eigenvalue weighted by molar-refractivity contribution is 0.309. The molecular formula is C13H22BrNO. The molecule has 1 rings (SSSR count). The maximum Gasteiger partial charge on any atom is 0.135 e. The smallest absolute Gasteiger partial charge is 0.135 e. The summed E-state index contributed by atoms with van der Waals surface area (Å²) in [5.74, 6) is 1.63. The Hall–Kier alpha value is -0.280. The molecule has 1 aromatic rings. The number of rotatable bonds is 7. The van der Waals surface area contributed by atoms with E-state index in [-0.39, 0.29) is 0 Å². The van der Waals surface area contributed by atoms with Crippen LogP contribution >= 0.6 is 15.9 Å². The highest BCUT2D eigenvalue weighted by atomic mass is 79.9. The molecule has 0 fully saturated rings. The summed E-state index contributed by atoms with van der Waals surface area (Å²) < 4.78 is 6.65. The number of hydrogen-bond donors (Lipinski definition) is 1. The summed E-state index contributed by atoms with van der Waals surface area (Å²) in [7, 11) is 0. The second-order valence-electron chi connectivity index (χ2n) is 4.33. The Labute approximate surface area is 107 Å². The van der Waals surface area contributed by atoms with Crippen molar-refractivity contribution >= 4 is 15.9 Å². The predicted molar refractivity (Wildman–Crippen MR) is 71.5 cm³/mol. The maximum absolute atomic E-state index is 5.58. The van der Waals surface area contributed by atoms with Crippen LogP contribution in [-0.4, -0.2) is 6.54 Å². The summed E-state index contributed by atoms with van der Waals surface area (Å²) in [5.41, 5.74) is 0. The molecule has 92 valence electrons. The van der Waals surface area contributed by atoms with E-state index in [1.54, 1.807) is 6.26 Å². The van der Waals surface area contributed by atoms with Gasteiger partial charge >= 0.3 is 0 Å². The van der Waals surface area contributed by atoms with Crippen LogP contribution in [0.15, 0.2) is 21.2 Å². The third-order valence-corrected chi connectivity index (χ3v) is 3.51. The standard InChI is InChI=1S/C13H22BrNO/c1-4-6-10(3)12(15-8-5-2)13-11(14)7-9-16-13/h7,9-10,12,15H,4-6,8H2,1-3H3. The van der Waals surface area contributed by atoms with Crippen molar-refractivity contribution in [2.45, 2.75) is 46.1 Å². The van der Waals surface area contributed by atoms with Crippen LogP contribution in [0.2, 0.25) is 0 Å². The van der Waals surface area contributed by atoms with Crippen LogP contribution in [0.1, 0.15) is 51.8 Å². The minimum atomic E-state index is 0.323. The molecule has 0 aliphatic heterocycles. The van der Waals surface area contributed by atoms with Crippen LogP contribution in [0.25, 0.3) is 0 Å². The highest BCUT2D eigenvalue weighted by Crippen LogP contribution is 2.31. The molecule has 2 atom stereocenters. The lowest BCUT2D eigenvalue weighted by Crippen LogP contribution is -2.27. The lowest BCUT2D eigenvalue weighted by atomic mass is 9.95. The van der Waals surface area contributed by atoms with E-state index in [0.717, 1.165) is 23.2 Å².